The highest BCUT2D eigenvalue weighted by molar-refractivity contribution is 5.94. The fraction of sp³-hybridized carbons (Fsp3) is 0.571. The fourth-order valence-electron chi connectivity index (χ4n) is 1.66. The van der Waals surface area contributed by atoms with E-state index in [0.29, 0.717) is 6.61 Å². The Morgan fingerprint density at radius 2 is 2.00 bits per heavy atom. The molecule has 0 saturated carbocycles. The van der Waals surface area contributed by atoms with Crippen molar-refractivity contribution in [1.82, 2.24) is 0 Å². The van der Waals surface area contributed by atoms with Crippen LogP contribution in [0.1, 0.15) is 20.3 Å². The van der Waals surface area contributed by atoms with Crippen LogP contribution in [-0.2, 0) is 28.5 Å². The van der Waals surface area contributed by atoms with E-state index >= 15 is 0 Å². The van der Waals surface area contributed by atoms with Crippen molar-refractivity contribution >= 4 is 11.9 Å². The molecule has 0 unspecified atom stereocenters. The van der Waals surface area contributed by atoms with Gasteiger partial charge in [0.2, 0.25) is 0 Å². The lowest BCUT2D eigenvalue weighted by Crippen LogP contribution is -2.20. The minimum atomic E-state index is -0.601. The molecule has 20 heavy (non-hydrogen) atoms. The normalized spacial score (nSPS) is 22.0. The summed E-state index contributed by atoms with van der Waals surface area (Å²) in [4.78, 5) is 22.7. The molecule has 1 aliphatic heterocycles. The third-order valence-electron chi connectivity index (χ3n) is 2.66. The molecule has 0 spiro atoms. The molecule has 6 heteroatoms. The number of methoxy groups -OCH3 is 2. The first-order valence-corrected chi connectivity index (χ1v) is 6.22. The lowest BCUT2D eigenvalue weighted by molar-refractivity contribution is -0.143. The van der Waals surface area contributed by atoms with E-state index in [9.17, 15) is 9.59 Å². The van der Waals surface area contributed by atoms with Crippen LogP contribution in [0.15, 0.2) is 23.8 Å². The molecule has 0 N–H and O–H groups in total. The average Bonchev–Trinajstić information content (AvgIpc) is 2.75. The zero-order chi connectivity index (χ0) is 15.2. The van der Waals surface area contributed by atoms with Gasteiger partial charge >= 0.3 is 11.9 Å². The van der Waals surface area contributed by atoms with Crippen LogP contribution in [0.2, 0.25) is 0 Å². The highest BCUT2D eigenvalue weighted by atomic mass is 16.7. The van der Waals surface area contributed by atoms with E-state index in [-0.39, 0.29) is 18.1 Å². The van der Waals surface area contributed by atoms with E-state index in [4.69, 9.17) is 9.47 Å². The van der Waals surface area contributed by atoms with Gasteiger partial charge in [0.05, 0.1) is 27.2 Å². The van der Waals surface area contributed by atoms with Crippen LogP contribution in [-0.4, -0.2) is 44.7 Å². The molecule has 0 amide bonds. The number of rotatable bonds is 5. The predicted molar refractivity (Wildman–Crippen MR) is 70.8 cm³/mol. The quantitative estimate of drug-likeness (QED) is 0.431. The first-order chi connectivity index (χ1) is 9.38. The summed E-state index contributed by atoms with van der Waals surface area (Å²) in [6, 6.07) is 0. The second-order valence-corrected chi connectivity index (χ2v) is 4.69. The molecule has 1 fully saturated rings. The van der Waals surface area contributed by atoms with Crippen molar-refractivity contribution in [2.24, 2.45) is 0 Å². The van der Waals surface area contributed by atoms with Crippen molar-refractivity contribution in [1.29, 1.82) is 0 Å². The Morgan fingerprint density at radius 1 is 1.30 bits per heavy atom. The fourth-order valence-corrected chi connectivity index (χ4v) is 1.66. The van der Waals surface area contributed by atoms with E-state index < -0.39 is 17.7 Å². The second-order valence-electron chi connectivity index (χ2n) is 4.69. The van der Waals surface area contributed by atoms with Crippen molar-refractivity contribution in [3.63, 3.8) is 0 Å². The Balaban J connectivity index is 2.66. The van der Waals surface area contributed by atoms with E-state index in [1.807, 2.05) is 13.8 Å². The Bertz CT molecular complexity index is 421. The number of esters is 2. The van der Waals surface area contributed by atoms with Gasteiger partial charge in [-0.3, -0.25) is 4.79 Å². The molecule has 1 atom stereocenters. The first-order valence-electron chi connectivity index (χ1n) is 6.22. The van der Waals surface area contributed by atoms with Gasteiger partial charge in [0.15, 0.2) is 5.79 Å². The van der Waals surface area contributed by atoms with Gasteiger partial charge < -0.3 is 18.9 Å². The molecule has 0 aromatic rings. The van der Waals surface area contributed by atoms with Crippen molar-refractivity contribution in [3.05, 3.63) is 23.8 Å². The maximum atomic E-state index is 11.5. The highest BCUT2D eigenvalue weighted by Crippen LogP contribution is 2.22. The van der Waals surface area contributed by atoms with E-state index in [1.54, 1.807) is 12.2 Å². The van der Waals surface area contributed by atoms with Gasteiger partial charge in [0.25, 0.3) is 0 Å². The molecule has 0 bridgehead atoms. The Labute approximate surface area is 118 Å². The molecule has 1 rings (SSSR count). The zero-order valence-corrected chi connectivity index (χ0v) is 12.2. The highest BCUT2D eigenvalue weighted by Gasteiger charge is 2.30. The molecule has 1 saturated heterocycles. The Hall–Kier alpha value is -1.66. The maximum absolute atomic E-state index is 11.5. The Morgan fingerprint density at radius 3 is 2.50 bits per heavy atom. The number of hydrogen-bond acceptors (Lipinski definition) is 6. The minimum absolute atomic E-state index is 0.138. The summed E-state index contributed by atoms with van der Waals surface area (Å²) in [6.45, 7) is 4.10. The molecule has 0 aliphatic carbocycles. The van der Waals surface area contributed by atoms with Crippen LogP contribution in [0, 0.1) is 0 Å². The standard InChI is InChI=1S/C14H20O6/c1-14(2)19-9-11(20-14)7-5-6-10(13(16)18-4)8-12(15)17-3/h5-7,11H,8-9H2,1-4H3/b7-5+,10-6+/t11-/m0/s1. The van der Waals surface area contributed by atoms with Gasteiger partial charge in [-0.25, -0.2) is 4.79 Å². The van der Waals surface area contributed by atoms with E-state index in [0.717, 1.165) is 0 Å². The summed E-state index contributed by atoms with van der Waals surface area (Å²) >= 11 is 0. The Kier molecular flexibility index (Phi) is 5.91. The van der Waals surface area contributed by atoms with Crippen LogP contribution in [0.25, 0.3) is 0 Å². The van der Waals surface area contributed by atoms with Gasteiger partial charge in [-0.05, 0) is 13.8 Å². The van der Waals surface area contributed by atoms with Gasteiger partial charge in [-0.2, -0.15) is 0 Å². The van der Waals surface area contributed by atoms with Crippen molar-refractivity contribution in [2.45, 2.75) is 32.2 Å². The molecule has 112 valence electrons. The number of ether oxygens (including phenoxy) is 4. The molecular weight excluding hydrogens is 264 g/mol. The average molecular weight is 284 g/mol. The topological polar surface area (TPSA) is 71.1 Å². The zero-order valence-electron chi connectivity index (χ0n) is 12.2. The van der Waals surface area contributed by atoms with E-state index in [2.05, 4.69) is 9.47 Å². The third kappa shape index (κ3) is 5.14. The summed E-state index contributed by atoms with van der Waals surface area (Å²) < 4.78 is 20.1. The lowest BCUT2D eigenvalue weighted by atomic mass is 10.1. The van der Waals surface area contributed by atoms with Crippen LogP contribution in [0.3, 0.4) is 0 Å². The van der Waals surface area contributed by atoms with E-state index in [1.165, 1.54) is 20.3 Å². The molecule has 1 heterocycles. The minimum Gasteiger partial charge on any atom is -0.469 e. The second kappa shape index (κ2) is 7.21. The van der Waals surface area contributed by atoms with Crippen LogP contribution in [0.4, 0.5) is 0 Å². The molecule has 0 radical (unpaired) electrons. The van der Waals surface area contributed by atoms with Crippen LogP contribution in [0.5, 0.6) is 0 Å². The summed E-state index contributed by atoms with van der Waals surface area (Å²) in [5.74, 6) is -1.67. The SMILES string of the molecule is COC(=O)C/C(=C\C=C\[C@H]1COC(C)(C)O1)C(=O)OC. The molecule has 0 aromatic carbocycles. The third-order valence-corrected chi connectivity index (χ3v) is 2.66. The van der Waals surface area contributed by atoms with Gasteiger partial charge in [-0.15, -0.1) is 0 Å². The number of carbonyl (C=O) groups excluding carboxylic acids is 2. The summed E-state index contributed by atoms with van der Waals surface area (Å²) in [5.41, 5.74) is 0.216. The smallest absolute Gasteiger partial charge is 0.334 e. The summed E-state index contributed by atoms with van der Waals surface area (Å²) in [5, 5.41) is 0. The number of carbonyl (C=O) groups is 2. The lowest BCUT2D eigenvalue weighted by Gasteiger charge is -2.15. The largest absolute Gasteiger partial charge is 0.469 e. The van der Waals surface area contributed by atoms with Gasteiger partial charge in [-0.1, -0.05) is 18.2 Å². The maximum Gasteiger partial charge on any atom is 0.334 e. The van der Waals surface area contributed by atoms with Crippen LogP contribution < -0.4 is 0 Å². The molecular formula is C14H20O6. The van der Waals surface area contributed by atoms with Gasteiger partial charge in [0.1, 0.15) is 6.10 Å². The van der Waals surface area contributed by atoms with Crippen molar-refractivity contribution in [3.8, 4) is 0 Å². The van der Waals surface area contributed by atoms with Crippen LogP contribution >= 0.6 is 0 Å². The van der Waals surface area contributed by atoms with Crippen molar-refractivity contribution < 1.29 is 28.5 Å². The predicted octanol–water partition coefficient (Wildman–Crippen LogP) is 1.36. The summed E-state index contributed by atoms with van der Waals surface area (Å²) in [6.07, 6.45) is 4.59. The molecule has 1 aliphatic rings. The van der Waals surface area contributed by atoms with Crippen molar-refractivity contribution in [2.75, 3.05) is 20.8 Å². The monoisotopic (exact) mass is 284 g/mol. The molecule has 6 nitrogen and oxygen atoms in total. The molecule has 0 aromatic heterocycles. The number of allylic oxidation sites excluding steroid dienone is 2. The summed E-state index contributed by atoms with van der Waals surface area (Å²) in [7, 11) is 2.52. The first kappa shape index (κ1) is 16.4. The van der Waals surface area contributed by atoms with Gasteiger partial charge in [0, 0.05) is 5.57 Å². The number of hydrogen-bond donors (Lipinski definition) is 0.